The molecule has 1 unspecified atom stereocenters. The van der Waals surface area contributed by atoms with Crippen molar-refractivity contribution in [2.45, 2.75) is 32.4 Å². The van der Waals surface area contributed by atoms with Crippen LogP contribution in [0.15, 0.2) is 29.3 Å². The topological polar surface area (TPSA) is 84.0 Å². The van der Waals surface area contributed by atoms with Gasteiger partial charge in [0.25, 0.3) is 5.91 Å². The van der Waals surface area contributed by atoms with E-state index in [1.807, 2.05) is 31.2 Å². The second-order valence-corrected chi connectivity index (χ2v) is 6.12. The fourth-order valence-electron chi connectivity index (χ4n) is 2.62. The van der Waals surface area contributed by atoms with Crippen LogP contribution in [0.2, 0.25) is 0 Å². The molecule has 1 saturated heterocycles. The van der Waals surface area contributed by atoms with E-state index in [9.17, 15) is 4.79 Å². The summed E-state index contributed by atoms with van der Waals surface area (Å²) in [6.45, 7) is 6.22. The van der Waals surface area contributed by atoms with Crippen LogP contribution in [0.5, 0.6) is 0 Å². The minimum absolute atomic E-state index is 0.0455. The zero-order valence-electron chi connectivity index (χ0n) is 15.7. The van der Waals surface area contributed by atoms with Crippen molar-refractivity contribution >= 4 is 11.9 Å². The molecule has 0 aliphatic carbocycles. The number of amides is 1. The van der Waals surface area contributed by atoms with Crippen LogP contribution < -0.4 is 16.0 Å². The third-order valence-corrected chi connectivity index (χ3v) is 4.09. The summed E-state index contributed by atoms with van der Waals surface area (Å²) in [6, 6.07) is 7.56. The molecule has 1 fully saturated rings. The first kappa shape index (κ1) is 20.2. The first-order valence-corrected chi connectivity index (χ1v) is 9.24. The number of aliphatic imine (C=N–C) groups is 1. The van der Waals surface area contributed by atoms with Gasteiger partial charge < -0.3 is 25.4 Å². The molecule has 3 N–H and O–H groups in total. The van der Waals surface area contributed by atoms with Gasteiger partial charge in [0, 0.05) is 45.5 Å². The van der Waals surface area contributed by atoms with E-state index in [0.29, 0.717) is 18.7 Å². The average molecular weight is 362 g/mol. The number of rotatable bonds is 9. The lowest BCUT2D eigenvalue weighted by Gasteiger charge is -2.13. The highest BCUT2D eigenvalue weighted by Crippen LogP contribution is 2.08. The van der Waals surface area contributed by atoms with Crippen LogP contribution in [0, 0.1) is 0 Å². The largest absolute Gasteiger partial charge is 0.379 e. The van der Waals surface area contributed by atoms with Gasteiger partial charge >= 0.3 is 0 Å². The van der Waals surface area contributed by atoms with Crippen LogP contribution in [-0.4, -0.2) is 57.9 Å². The Hall–Kier alpha value is -2.12. The molecule has 1 aliphatic rings. The van der Waals surface area contributed by atoms with Gasteiger partial charge in [0.1, 0.15) is 0 Å². The molecular weight excluding hydrogens is 332 g/mol. The molecule has 0 radical (unpaired) electrons. The molecule has 1 aromatic carbocycles. The van der Waals surface area contributed by atoms with Gasteiger partial charge in [-0.25, -0.2) is 0 Å². The number of guanidine groups is 1. The summed E-state index contributed by atoms with van der Waals surface area (Å²) in [4.78, 5) is 16.0. The molecule has 0 aromatic heterocycles. The molecule has 1 atom stereocenters. The predicted molar refractivity (Wildman–Crippen MR) is 102 cm³/mol. The van der Waals surface area contributed by atoms with Crippen LogP contribution in [0.1, 0.15) is 35.7 Å². The minimum Gasteiger partial charge on any atom is -0.379 e. The van der Waals surface area contributed by atoms with Gasteiger partial charge in [0.15, 0.2) is 5.96 Å². The fourth-order valence-corrected chi connectivity index (χ4v) is 2.62. The summed E-state index contributed by atoms with van der Waals surface area (Å²) >= 11 is 0. The molecule has 0 saturated carbocycles. The number of carbonyl (C=O) groups is 1. The van der Waals surface area contributed by atoms with Crippen LogP contribution in [-0.2, 0) is 16.0 Å². The summed E-state index contributed by atoms with van der Waals surface area (Å²) in [6.07, 6.45) is 2.17. The van der Waals surface area contributed by atoms with Gasteiger partial charge in [-0.1, -0.05) is 12.1 Å². The van der Waals surface area contributed by atoms with E-state index in [-0.39, 0.29) is 12.0 Å². The molecule has 7 nitrogen and oxygen atoms in total. The highest BCUT2D eigenvalue weighted by molar-refractivity contribution is 5.94. The van der Waals surface area contributed by atoms with Gasteiger partial charge in [0.2, 0.25) is 0 Å². The Labute approximate surface area is 155 Å². The van der Waals surface area contributed by atoms with Crippen LogP contribution >= 0.6 is 0 Å². The van der Waals surface area contributed by atoms with Crippen molar-refractivity contribution in [1.29, 1.82) is 0 Å². The summed E-state index contributed by atoms with van der Waals surface area (Å²) in [7, 11) is 1.75. The summed E-state index contributed by atoms with van der Waals surface area (Å²) in [5.74, 6) is 0.706. The van der Waals surface area contributed by atoms with E-state index < -0.39 is 0 Å². The minimum atomic E-state index is -0.0455. The number of hydrogen-bond donors (Lipinski definition) is 3. The number of hydrogen-bond acceptors (Lipinski definition) is 4. The maximum Gasteiger partial charge on any atom is 0.251 e. The van der Waals surface area contributed by atoms with E-state index in [1.54, 1.807) is 7.05 Å². The van der Waals surface area contributed by atoms with Crippen molar-refractivity contribution < 1.29 is 14.3 Å². The Bertz CT molecular complexity index is 569. The molecule has 1 heterocycles. The Kier molecular flexibility index (Phi) is 8.92. The Morgan fingerprint density at radius 1 is 1.27 bits per heavy atom. The molecular formula is C19H30N4O3. The van der Waals surface area contributed by atoms with Crippen LogP contribution in [0.25, 0.3) is 0 Å². The normalized spacial score (nSPS) is 17.2. The number of nitrogens with one attached hydrogen (secondary N) is 3. The van der Waals surface area contributed by atoms with Crippen molar-refractivity contribution in [3.8, 4) is 0 Å². The van der Waals surface area contributed by atoms with E-state index in [1.165, 1.54) is 0 Å². The van der Waals surface area contributed by atoms with E-state index in [2.05, 4.69) is 20.9 Å². The smallest absolute Gasteiger partial charge is 0.251 e. The van der Waals surface area contributed by atoms with Gasteiger partial charge in [-0.2, -0.15) is 0 Å². The van der Waals surface area contributed by atoms with Crippen molar-refractivity contribution in [3.63, 3.8) is 0 Å². The molecule has 2 rings (SSSR count). The average Bonchev–Trinajstić information content (AvgIpc) is 3.18. The molecule has 7 heteroatoms. The van der Waals surface area contributed by atoms with Crippen molar-refractivity contribution in [2.24, 2.45) is 4.99 Å². The third-order valence-electron chi connectivity index (χ3n) is 4.09. The maximum atomic E-state index is 11.8. The van der Waals surface area contributed by atoms with Crippen LogP contribution in [0.4, 0.5) is 0 Å². The van der Waals surface area contributed by atoms with Gasteiger partial charge in [-0.05, 0) is 37.5 Å². The zero-order chi connectivity index (χ0) is 18.6. The van der Waals surface area contributed by atoms with Gasteiger partial charge in [0.05, 0.1) is 12.7 Å². The lowest BCUT2D eigenvalue weighted by Crippen LogP contribution is -2.37. The molecule has 0 spiro atoms. The maximum absolute atomic E-state index is 11.8. The molecule has 1 aromatic rings. The van der Waals surface area contributed by atoms with E-state index in [0.717, 1.165) is 50.7 Å². The molecule has 0 bridgehead atoms. The standard InChI is InChI=1S/C19H30N4O3/c1-3-21-18(24)16-7-5-15(6-8-16)13-23-19(20-2)22-10-4-11-26-17-9-12-25-14-17/h5-8,17H,3-4,9-14H2,1-2H3,(H,21,24)(H2,20,22,23). The second kappa shape index (κ2) is 11.5. The Morgan fingerprint density at radius 3 is 2.73 bits per heavy atom. The monoisotopic (exact) mass is 362 g/mol. The van der Waals surface area contributed by atoms with Gasteiger partial charge in [-0.3, -0.25) is 9.79 Å². The van der Waals surface area contributed by atoms with Gasteiger partial charge in [-0.15, -0.1) is 0 Å². The molecule has 1 aliphatic heterocycles. The summed E-state index contributed by atoms with van der Waals surface area (Å²) in [5, 5.41) is 9.34. The number of benzene rings is 1. The van der Waals surface area contributed by atoms with E-state index in [4.69, 9.17) is 9.47 Å². The van der Waals surface area contributed by atoms with Crippen molar-refractivity contribution in [1.82, 2.24) is 16.0 Å². The fraction of sp³-hybridized carbons (Fsp3) is 0.579. The summed E-state index contributed by atoms with van der Waals surface area (Å²) < 4.78 is 11.0. The summed E-state index contributed by atoms with van der Waals surface area (Å²) in [5.41, 5.74) is 1.76. The van der Waals surface area contributed by atoms with E-state index >= 15 is 0 Å². The quantitative estimate of drug-likeness (QED) is 0.350. The lowest BCUT2D eigenvalue weighted by molar-refractivity contribution is 0.0420. The Balaban J connectivity index is 1.63. The predicted octanol–water partition coefficient (Wildman–Crippen LogP) is 1.30. The first-order chi connectivity index (χ1) is 12.7. The number of nitrogens with zero attached hydrogens (tertiary/aromatic N) is 1. The third kappa shape index (κ3) is 7.01. The second-order valence-electron chi connectivity index (χ2n) is 6.12. The zero-order valence-corrected chi connectivity index (χ0v) is 15.7. The van der Waals surface area contributed by atoms with Crippen molar-refractivity contribution in [2.75, 3.05) is 40.0 Å². The molecule has 144 valence electrons. The molecule has 1 amide bonds. The highest BCUT2D eigenvalue weighted by atomic mass is 16.5. The number of carbonyl (C=O) groups excluding carboxylic acids is 1. The molecule has 26 heavy (non-hydrogen) atoms. The SMILES string of the molecule is CCNC(=O)c1ccc(CNC(=NC)NCCCOC2CCOC2)cc1. The number of ether oxygens (including phenoxy) is 2. The van der Waals surface area contributed by atoms with Crippen molar-refractivity contribution in [3.05, 3.63) is 35.4 Å². The Morgan fingerprint density at radius 2 is 2.08 bits per heavy atom. The first-order valence-electron chi connectivity index (χ1n) is 9.24. The lowest BCUT2D eigenvalue weighted by atomic mass is 10.1. The highest BCUT2D eigenvalue weighted by Gasteiger charge is 2.15. The van der Waals surface area contributed by atoms with Crippen LogP contribution in [0.3, 0.4) is 0 Å².